The number of hydrogen-bond donors (Lipinski definition) is 4. The first kappa shape index (κ1) is 22.6. The van der Waals surface area contributed by atoms with Gasteiger partial charge in [0.05, 0.1) is 19.3 Å². The van der Waals surface area contributed by atoms with Crippen LogP contribution >= 0.6 is 0 Å². The van der Waals surface area contributed by atoms with Gasteiger partial charge in [-0.2, -0.15) is 0 Å². The fourth-order valence-corrected chi connectivity index (χ4v) is 3.07. The maximum Gasteiger partial charge on any atom is 0.330 e. The zero-order chi connectivity index (χ0) is 21.8. The van der Waals surface area contributed by atoms with Crippen molar-refractivity contribution >= 4 is 11.9 Å². The zero-order valence-corrected chi connectivity index (χ0v) is 17.0. The van der Waals surface area contributed by atoms with Crippen molar-refractivity contribution in [3.8, 4) is 11.8 Å². The molecule has 0 heterocycles. The second-order valence-corrected chi connectivity index (χ2v) is 8.09. The average molecular weight is 400 g/mol. The number of methoxy groups -OCH3 is 1. The van der Waals surface area contributed by atoms with Gasteiger partial charge in [0.2, 0.25) is 0 Å². The van der Waals surface area contributed by atoms with E-state index in [1.165, 1.54) is 7.11 Å². The number of amides is 1. The molecule has 2 rings (SSSR count). The molecule has 7 nitrogen and oxygen atoms in total. The number of carbonyl (C=O) groups is 2. The number of rotatable bonds is 6. The standard InChI is InChI=1S/C22H28N2O5/c1-14(17-11-22(28,12-17)13-25)5-6-15-7-9-16(10-8-15)19(26)24-18(20(27)29-4)21(2,3)23/h7-10,17-18,25,28H,1,11-13,23H2,2-4H3,(H,24,26)/t17-,18-,22-/m1/s1. The molecule has 1 atom stereocenters. The number of aliphatic hydroxyl groups excluding tert-OH is 1. The second kappa shape index (κ2) is 8.78. The molecule has 0 bridgehead atoms. The SMILES string of the molecule is C=C(C#Cc1ccc(C(=O)N[C@H](C(=O)OC)C(C)(C)N)cc1)[C@H]1C[C@@](O)(CO)C1. The third kappa shape index (κ3) is 5.67. The van der Waals surface area contributed by atoms with Crippen LogP contribution in [0.5, 0.6) is 0 Å². The first-order valence-electron chi connectivity index (χ1n) is 9.31. The Morgan fingerprint density at radius 3 is 2.45 bits per heavy atom. The Labute approximate surface area is 170 Å². The maximum atomic E-state index is 12.5. The van der Waals surface area contributed by atoms with Crippen molar-refractivity contribution in [2.45, 2.75) is 43.9 Å². The van der Waals surface area contributed by atoms with Crippen LogP contribution in [0.1, 0.15) is 42.6 Å². The van der Waals surface area contributed by atoms with Crippen LogP contribution in [0, 0.1) is 17.8 Å². The summed E-state index contributed by atoms with van der Waals surface area (Å²) in [4.78, 5) is 24.4. The molecule has 1 fully saturated rings. The number of esters is 1. The Balaban J connectivity index is 2.01. The summed E-state index contributed by atoms with van der Waals surface area (Å²) in [6.45, 7) is 6.93. The molecule has 0 unspecified atom stereocenters. The van der Waals surface area contributed by atoms with Gasteiger partial charge in [0, 0.05) is 16.7 Å². The second-order valence-electron chi connectivity index (χ2n) is 8.09. The molecule has 156 valence electrons. The minimum atomic E-state index is -1.01. The number of carbonyl (C=O) groups excluding carboxylic acids is 2. The maximum absolute atomic E-state index is 12.5. The summed E-state index contributed by atoms with van der Waals surface area (Å²) in [5.41, 5.74) is 5.73. The lowest BCUT2D eigenvalue weighted by Gasteiger charge is -2.42. The molecule has 0 spiro atoms. The van der Waals surface area contributed by atoms with Crippen LogP contribution in [0.2, 0.25) is 0 Å². The van der Waals surface area contributed by atoms with E-state index >= 15 is 0 Å². The molecular weight excluding hydrogens is 372 g/mol. The number of allylic oxidation sites excluding steroid dienone is 1. The topological polar surface area (TPSA) is 122 Å². The van der Waals surface area contributed by atoms with Crippen LogP contribution in [-0.2, 0) is 9.53 Å². The van der Waals surface area contributed by atoms with Crippen molar-refractivity contribution in [1.82, 2.24) is 5.32 Å². The van der Waals surface area contributed by atoms with Crippen LogP contribution < -0.4 is 11.1 Å². The van der Waals surface area contributed by atoms with Crippen molar-refractivity contribution in [3.05, 3.63) is 47.5 Å². The number of nitrogens with two attached hydrogens (primary N) is 1. The predicted octanol–water partition coefficient (Wildman–Crippen LogP) is 0.736. The first-order valence-corrected chi connectivity index (χ1v) is 9.31. The molecule has 1 amide bonds. The molecule has 1 aromatic rings. The molecule has 5 N–H and O–H groups in total. The monoisotopic (exact) mass is 400 g/mol. The van der Waals surface area contributed by atoms with Gasteiger partial charge in [-0.15, -0.1) is 0 Å². The third-order valence-electron chi connectivity index (χ3n) is 5.01. The van der Waals surface area contributed by atoms with E-state index < -0.39 is 29.1 Å². The van der Waals surface area contributed by atoms with Crippen molar-refractivity contribution in [3.63, 3.8) is 0 Å². The highest BCUT2D eigenvalue weighted by atomic mass is 16.5. The van der Waals surface area contributed by atoms with E-state index in [0.29, 0.717) is 29.5 Å². The Hall–Kier alpha value is -2.66. The zero-order valence-electron chi connectivity index (χ0n) is 17.0. The summed E-state index contributed by atoms with van der Waals surface area (Å²) in [7, 11) is 1.24. The van der Waals surface area contributed by atoms with Gasteiger partial charge in [-0.05, 0) is 62.4 Å². The average Bonchev–Trinajstić information content (AvgIpc) is 2.66. The number of hydrogen-bond acceptors (Lipinski definition) is 6. The van der Waals surface area contributed by atoms with Crippen LogP contribution in [0.3, 0.4) is 0 Å². The van der Waals surface area contributed by atoms with Gasteiger partial charge in [0.15, 0.2) is 0 Å². The van der Waals surface area contributed by atoms with Gasteiger partial charge in [-0.25, -0.2) is 4.79 Å². The van der Waals surface area contributed by atoms with Gasteiger partial charge in [0.1, 0.15) is 6.04 Å². The Bertz CT molecular complexity index is 837. The van der Waals surface area contributed by atoms with Crippen molar-refractivity contribution in [2.24, 2.45) is 11.7 Å². The van der Waals surface area contributed by atoms with Crippen LogP contribution in [0.15, 0.2) is 36.4 Å². The Kier molecular flexibility index (Phi) is 6.85. The molecule has 29 heavy (non-hydrogen) atoms. The molecule has 1 saturated carbocycles. The lowest BCUT2D eigenvalue weighted by Crippen LogP contribution is -2.59. The van der Waals surface area contributed by atoms with Crippen LogP contribution in [0.4, 0.5) is 0 Å². The van der Waals surface area contributed by atoms with Gasteiger partial charge >= 0.3 is 5.97 Å². The summed E-state index contributed by atoms with van der Waals surface area (Å²) in [6.07, 6.45) is 0.907. The highest BCUT2D eigenvalue weighted by molar-refractivity contribution is 5.97. The summed E-state index contributed by atoms with van der Waals surface area (Å²) in [6, 6.07) is 5.62. The lowest BCUT2D eigenvalue weighted by molar-refractivity contribution is -0.144. The van der Waals surface area contributed by atoms with E-state index in [0.717, 1.165) is 0 Å². The largest absolute Gasteiger partial charge is 0.467 e. The first-order chi connectivity index (χ1) is 13.5. The van der Waals surface area contributed by atoms with E-state index in [2.05, 4.69) is 23.7 Å². The van der Waals surface area contributed by atoms with E-state index in [1.807, 2.05) is 0 Å². The minimum absolute atomic E-state index is 0.0690. The van der Waals surface area contributed by atoms with Crippen LogP contribution in [-0.4, -0.2) is 53.0 Å². The quantitative estimate of drug-likeness (QED) is 0.413. The number of benzene rings is 1. The molecule has 0 aromatic heterocycles. The highest BCUT2D eigenvalue weighted by Gasteiger charge is 2.42. The molecule has 0 radical (unpaired) electrons. The van der Waals surface area contributed by atoms with Crippen molar-refractivity contribution in [2.75, 3.05) is 13.7 Å². The molecular formula is C22H28N2O5. The summed E-state index contributed by atoms with van der Waals surface area (Å²) in [5.74, 6) is 4.96. The van der Waals surface area contributed by atoms with Crippen molar-refractivity contribution in [1.29, 1.82) is 0 Å². The Morgan fingerprint density at radius 1 is 1.38 bits per heavy atom. The summed E-state index contributed by atoms with van der Waals surface area (Å²) < 4.78 is 4.71. The van der Waals surface area contributed by atoms with Gasteiger partial charge in [0.25, 0.3) is 5.91 Å². The smallest absolute Gasteiger partial charge is 0.330 e. The number of aliphatic hydroxyl groups is 2. The van der Waals surface area contributed by atoms with E-state index in [4.69, 9.17) is 15.6 Å². The van der Waals surface area contributed by atoms with Crippen molar-refractivity contribution < 1.29 is 24.5 Å². The molecule has 1 aromatic carbocycles. The predicted molar refractivity (Wildman–Crippen MR) is 109 cm³/mol. The minimum Gasteiger partial charge on any atom is -0.467 e. The molecule has 0 aliphatic heterocycles. The molecule has 7 heteroatoms. The van der Waals surface area contributed by atoms with Gasteiger partial charge in [-0.1, -0.05) is 18.4 Å². The summed E-state index contributed by atoms with van der Waals surface area (Å²) in [5, 5.41) is 21.5. The summed E-state index contributed by atoms with van der Waals surface area (Å²) >= 11 is 0. The van der Waals surface area contributed by atoms with Crippen LogP contribution in [0.25, 0.3) is 0 Å². The van der Waals surface area contributed by atoms with Gasteiger partial charge < -0.3 is 26.0 Å². The molecule has 1 aliphatic carbocycles. The fourth-order valence-electron chi connectivity index (χ4n) is 3.07. The normalized spacial score (nSPS) is 21.8. The molecule has 1 aliphatic rings. The van der Waals surface area contributed by atoms with E-state index in [1.54, 1.807) is 38.1 Å². The molecule has 0 saturated heterocycles. The fraction of sp³-hybridized carbons (Fsp3) is 0.455. The number of nitrogens with one attached hydrogen (secondary N) is 1. The Morgan fingerprint density at radius 2 is 1.97 bits per heavy atom. The number of ether oxygens (including phenoxy) is 1. The van der Waals surface area contributed by atoms with E-state index in [-0.39, 0.29) is 12.5 Å². The lowest BCUT2D eigenvalue weighted by atomic mass is 9.68. The third-order valence-corrected chi connectivity index (χ3v) is 5.01. The van der Waals surface area contributed by atoms with Gasteiger partial charge in [-0.3, -0.25) is 4.79 Å². The highest BCUT2D eigenvalue weighted by Crippen LogP contribution is 2.41. The van der Waals surface area contributed by atoms with E-state index in [9.17, 15) is 14.7 Å².